The molecule has 0 unspecified atom stereocenters. The third kappa shape index (κ3) is 33.3. The maximum Gasteiger partial charge on any atom is 0.189 e. The molecule has 0 radical (unpaired) electrons. The van der Waals surface area contributed by atoms with Gasteiger partial charge in [-0.3, -0.25) is 0 Å². The molecule has 0 fully saturated rings. The number of hydrogen-bond acceptors (Lipinski definition) is 10. The number of fused-ring (bicyclic) bond motifs is 8. The molecule has 5 rings (SSSR count). The van der Waals surface area contributed by atoms with Gasteiger partial charge in [0.1, 0.15) is 22.8 Å². The van der Waals surface area contributed by atoms with E-state index in [1.165, 1.54) is 205 Å². The predicted octanol–water partition coefficient (Wildman–Crippen LogP) is 27.0. The molecule has 2 aliphatic heterocycles. The van der Waals surface area contributed by atoms with E-state index in [-0.39, 0.29) is 20.4 Å². The molecule has 0 atom stereocenters. The summed E-state index contributed by atoms with van der Waals surface area (Å²) in [6.45, 7) is 24.9. The molecule has 0 spiro atoms. The number of unbranched alkanes of at least 4 members (excludes halogenated alkanes) is 40. The van der Waals surface area contributed by atoms with Crippen molar-refractivity contribution in [1.29, 1.82) is 0 Å². The van der Waals surface area contributed by atoms with Crippen molar-refractivity contribution in [2.45, 2.75) is 377 Å². The minimum Gasteiger partial charge on any atom is -0.488 e. The van der Waals surface area contributed by atoms with E-state index in [0.29, 0.717) is 122 Å². The number of rotatable bonds is 65. The quantitative estimate of drug-likeness (QED) is 0.0416. The van der Waals surface area contributed by atoms with Crippen molar-refractivity contribution in [3.8, 4) is 23.0 Å². The SMILES string of the molecule is CCCCCCCCOC1=C(OCCCCCCCC)c2cc3[nH]c(c(CC)c4nc(cc5[nH]c(cc1n2)c(OCCCCCCCC)c5OCCCCCCCC)C(OCCCCCCCC)=C4OCCCCCCCC)c(OCCCCCCCC)c3OCCCCCCCC.[Pd]. The fourth-order valence-corrected chi connectivity index (χ4v) is 13.4. The van der Waals surface area contributed by atoms with E-state index in [0.717, 1.165) is 136 Å². The van der Waals surface area contributed by atoms with E-state index in [4.69, 9.17) is 47.9 Å². The zero-order valence-electron chi connectivity index (χ0n) is 65.0. The molecule has 5 heterocycles. The Morgan fingerprint density at radius 2 is 0.465 bits per heavy atom. The van der Waals surface area contributed by atoms with Crippen molar-refractivity contribution in [2.75, 3.05) is 52.9 Å². The average Bonchev–Trinajstić information content (AvgIpc) is 1.61. The zero-order valence-corrected chi connectivity index (χ0v) is 66.6. The molecule has 8 bridgehead atoms. The molecular weight excluding hydrogens is 1320 g/mol. The number of ether oxygens (including phenoxy) is 8. The van der Waals surface area contributed by atoms with E-state index < -0.39 is 0 Å². The van der Waals surface area contributed by atoms with Crippen LogP contribution >= 0.6 is 0 Å². The topological polar surface area (TPSA) is 131 Å². The number of aromatic nitrogens is 4. The second-order valence-corrected chi connectivity index (χ2v) is 28.4. The molecule has 568 valence electrons. The van der Waals surface area contributed by atoms with Crippen LogP contribution in [0.25, 0.3) is 45.1 Å². The number of H-pyrrole nitrogens is 2. The normalized spacial score (nSPS) is 12.2. The molecule has 12 nitrogen and oxygen atoms in total. The maximum absolute atomic E-state index is 7.27. The summed E-state index contributed by atoms with van der Waals surface area (Å²) in [5.74, 6) is 5.41. The largest absolute Gasteiger partial charge is 0.488 e. The zero-order chi connectivity index (χ0) is 69.7. The van der Waals surface area contributed by atoms with Gasteiger partial charge in [-0.15, -0.1) is 0 Å². The van der Waals surface area contributed by atoms with Crippen LogP contribution in [0.1, 0.15) is 399 Å². The number of nitrogens with one attached hydrogen (secondary N) is 2. The van der Waals surface area contributed by atoms with E-state index in [1.807, 2.05) is 0 Å². The second kappa shape index (κ2) is 57.1. The van der Waals surface area contributed by atoms with Crippen molar-refractivity contribution < 1.29 is 58.3 Å². The Hall–Kier alpha value is -4.34. The molecule has 3 aromatic rings. The molecule has 3 aromatic heterocycles. The summed E-state index contributed by atoms with van der Waals surface area (Å²) in [7, 11) is 0. The Morgan fingerprint density at radius 1 is 0.242 bits per heavy atom. The van der Waals surface area contributed by atoms with Crippen molar-refractivity contribution in [3.05, 3.63) is 46.5 Å². The molecule has 0 aromatic carbocycles. The Morgan fingerprint density at radius 3 is 0.758 bits per heavy atom. The van der Waals surface area contributed by atoms with Gasteiger partial charge in [-0.25, -0.2) is 9.97 Å². The van der Waals surface area contributed by atoms with Crippen LogP contribution in [0.3, 0.4) is 0 Å². The first-order chi connectivity index (χ1) is 48.4. The van der Waals surface area contributed by atoms with Crippen LogP contribution in [-0.4, -0.2) is 72.8 Å². The maximum atomic E-state index is 7.27. The van der Waals surface area contributed by atoms with Gasteiger partial charge in [0, 0.05) is 26.0 Å². The van der Waals surface area contributed by atoms with E-state index in [9.17, 15) is 0 Å². The van der Waals surface area contributed by atoms with E-state index in [2.05, 4.69) is 90.5 Å². The molecule has 0 amide bonds. The van der Waals surface area contributed by atoms with Crippen LogP contribution < -0.4 is 18.9 Å². The summed E-state index contributed by atoms with van der Waals surface area (Å²) in [5.41, 5.74) is 6.93. The van der Waals surface area contributed by atoms with Crippen LogP contribution in [0.2, 0.25) is 0 Å². The summed E-state index contributed by atoms with van der Waals surface area (Å²) in [6, 6.07) is 6.43. The fraction of sp³-hybridized carbons (Fsp3) is 0.767. The Bertz CT molecular complexity index is 2770. The number of aromatic amines is 2. The third-order valence-electron chi connectivity index (χ3n) is 19.4. The van der Waals surface area contributed by atoms with Gasteiger partial charge in [0.05, 0.1) is 74.9 Å². The van der Waals surface area contributed by atoms with Gasteiger partial charge >= 0.3 is 0 Å². The molecule has 0 aliphatic carbocycles. The Labute approximate surface area is 619 Å². The standard InChI is InChI=1S/C86H146N4O8.Pd/c1-10-19-27-35-43-51-59-91-79-71-67-72-80(92-60-52-44-36-28-20-11-2)82(94-62-54-46-38-30-22-13-4)74(88-72)69-76-84(96-64-56-48-40-32-24-15-6)86(98-66-58-50-42-34-26-17-8)78(90-76)70(18-9)77-85(97-65-57-49-41-33-25-16-7)83(95-63-55-47-39-31-23-14-5)75(89-77)68-73(87-71)81(79)93-61-53-45-37-29-21-12-3;/h67-69,87,90H,10-66H2,1-9H3;. The van der Waals surface area contributed by atoms with Crippen molar-refractivity contribution in [1.82, 2.24) is 19.9 Å². The third-order valence-corrected chi connectivity index (χ3v) is 19.4. The van der Waals surface area contributed by atoms with Gasteiger partial charge in [-0.05, 0) is 76.0 Å². The number of nitrogens with zero attached hydrogens (tertiary/aromatic N) is 2. The molecule has 99 heavy (non-hydrogen) atoms. The van der Waals surface area contributed by atoms with Crippen LogP contribution in [0.15, 0.2) is 18.2 Å². The minimum atomic E-state index is 0. The Balaban J connectivity index is 0.0000208. The van der Waals surface area contributed by atoms with Gasteiger partial charge in [-0.2, -0.15) is 0 Å². The first-order valence-electron chi connectivity index (χ1n) is 41.8. The van der Waals surface area contributed by atoms with Gasteiger partial charge in [0.25, 0.3) is 0 Å². The Kier molecular flexibility index (Phi) is 50.2. The first-order valence-corrected chi connectivity index (χ1v) is 41.8. The summed E-state index contributed by atoms with van der Waals surface area (Å²) in [5, 5.41) is 0. The summed E-state index contributed by atoms with van der Waals surface area (Å²) < 4.78 is 57.6. The van der Waals surface area contributed by atoms with E-state index >= 15 is 0 Å². The predicted molar refractivity (Wildman–Crippen MR) is 417 cm³/mol. The number of aryl methyl sites for hydroxylation is 1. The smallest absolute Gasteiger partial charge is 0.189 e. The van der Waals surface area contributed by atoms with Crippen LogP contribution in [0.5, 0.6) is 23.0 Å². The van der Waals surface area contributed by atoms with Crippen LogP contribution in [0.4, 0.5) is 0 Å². The molecular formula is C86H146N4O8Pd. The van der Waals surface area contributed by atoms with Crippen LogP contribution in [-0.2, 0) is 45.8 Å². The monoisotopic (exact) mass is 1470 g/mol. The van der Waals surface area contributed by atoms with Crippen LogP contribution in [0, 0.1) is 0 Å². The average molecular weight is 1470 g/mol. The van der Waals surface area contributed by atoms with E-state index in [1.54, 1.807) is 0 Å². The molecule has 2 aliphatic rings. The van der Waals surface area contributed by atoms with Crippen molar-refractivity contribution >= 4 is 45.1 Å². The fourth-order valence-electron chi connectivity index (χ4n) is 13.4. The summed E-state index contributed by atoms with van der Waals surface area (Å²) in [6.07, 6.45) is 56.1. The second-order valence-electron chi connectivity index (χ2n) is 28.4. The van der Waals surface area contributed by atoms with Gasteiger partial charge < -0.3 is 47.9 Å². The van der Waals surface area contributed by atoms with Crippen molar-refractivity contribution in [2.24, 2.45) is 0 Å². The molecule has 2 N–H and O–H groups in total. The molecule has 13 heteroatoms. The minimum absolute atomic E-state index is 0. The molecule has 0 saturated carbocycles. The summed E-state index contributed by atoms with van der Waals surface area (Å²) >= 11 is 0. The van der Waals surface area contributed by atoms with Gasteiger partial charge in [0.15, 0.2) is 46.0 Å². The van der Waals surface area contributed by atoms with Crippen molar-refractivity contribution in [3.63, 3.8) is 0 Å². The molecule has 0 saturated heterocycles. The number of hydrogen-bond donors (Lipinski definition) is 2. The van der Waals surface area contributed by atoms with Gasteiger partial charge in [-0.1, -0.05) is 319 Å². The summed E-state index contributed by atoms with van der Waals surface area (Å²) in [4.78, 5) is 19.4. The van der Waals surface area contributed by atoms with Gasteiger partial charge in [0.2, 0.25) is 0 Å². The first kappa shape index (κ1) is 87.1.